The molecule has 1 aromatic rings. The number of esters is 1. The third kappa shape index (κ3) is 6.32. The molecular formula is C19H27FN3O4+. The van der Waals surface area contributed by atoms with Crippen molar-refractivity contribution in [3.8, 4) is 0 Å². The number of likely N-dealkylation sites (tertiary alicyclic amines) is 1. The fourth-order valence-electron chi connectivity index (χ4n) is 3.18. The van der Waals surface area contributed by atoms with Gasteiger partial charge in [0.25, 0.3) is 11.8 Å². The fourth-order valence-corrected chi connectivity index (χ4v) is 3.18. The maximum Gasteiger partial charge on any atom is 0.328 e. The van der Waals surface area contributed by atoms with Crippen LogP contribution in [0.2, 0.25) is 0 Å². The van der Waals surface area contributed by atoms with Crippen LogP contribution in [0.3, 0.4) is 0 Å². The van der Waals surface area contributed by atoms with Gasteiger partial charge < -0.3 is 19.9 Å². The molecule has 0 saturated carbocycles. The molecule has 2 amide bonds. The highest BCUT2D eigenvalue weighted by Gasteiger charge is 2.34. The minimum absolute atomic E-state index is 0.0557. The molecule has 148 valence electrons. The van der Waals surface area contributed by atoms with Gasteiger partial charge in [-0.25, -0.2) is 9.18 Å². The maximum atomic E-state index is 13.2. The summed E-state index contributed by atoms with van der Waals surface area (Å²) in [5.74, 6) is -1.29. The van der Waals surface area contributed by atoms with Gasteiger partial charge in [0.1, 0.15) is 11.9 Å². The van der Waals surface area contributed by atoms with Gasteiger partial charge in [0.05, 0.1) is 13.7 Å². The van der Waals surface area contributed by atoms with Crippen molar-refractivity contribution in [1.82, 2.24) is 4.90 Å². The van der Waals surface area contributed by atoms with Gasteiger partial charge in [-0.1, -0.05) is 6.07 Å². The number of piperidine rings is 1. The summed E-state index contributed by atoms with van der Waals surface area (Å²) in [7, 11) is 1.73. The van der Waals surface area contributed by atoms with Gasteiger partial charge in [-0.05, 0) is 44.4 Å². The lowest BCUT2D eigenvalue weighted by atomic mass is 10.0. The highest BCUT2D eigenvalue weighted by Crippen LogP contribution is 2.18. The average molecular weight is 380 g/mol. The molecule has 2 rings (SSSR count). The van der Waals surface area contributed by atoms with Gasteiger partial charge in [0, 0.05) is 12.2 Å². The summed E-state index contributed by atoms with van der Waals surface area (Å²) in [5, 5.41) is 2.61. The first-order chi connectivity index (χ1) is 12.9. The van der Waals surface area contributed by atoms with Crippen molar-refractivity contribution >= 4 is 23.5 Å². The van der Waals surface area contributed by atoms with Crippen LogP contribution < -0.4 is 10.2 Å². The highest BCUT2D eigenvalue weighted by molar-refractivity contribution is 5.91. The zero-order valence-corrected chi connectivity index (χ0v) is 15.8. The number of likely N-dealkylation sites (N-methyl/N-ethyl adjacent to an activating group) is 1. The Morgan fingerprint density at radius 3 is 2.78 bits per heavy atom. The van der Waals surface area contributed by atoms with Crippen LogP contribution in [0.25, 0.3) is 0 Å². The van der Waals surface area contributed by atoms with Crippen LogP contribution in [0.1, 0.15) is 26.2 Å². The lowest BCUT2D eigenvalue weighted by Crippen LogP contribution is -3.11. The first kappa shape index (κ1) is 20.8. The van der Waals surface area contributed by atoms with Crippen LogP contribution in [0.4, 0.5) is 10.1 Å². The van der Waals surface area contributed by atoms with E-state index in [1.807, 2.05) is 0 Å². The monoisotopic (exact) mass is 380 g/mol. The summed E-state index contributed by atoms with van der Waals surface area (Å²) in [5.41, 5.74) is 0.373. The lowest BCUT2D eigenvalue weighted by molar-refractivity contribution is -0.862. The Balaban J connectivity index is 1.87. The largest absolute Gasteiger partial charge is 0.464 e. The molecule has 1 unspecified atom stereocenters. The van der Waals surface area contributed by atoms with Crippen LogP contribution in [0.5, 0.6) is 0 Å². The van der Waals surface area contributed by atoms with Crippen LogP contribution in [-0.4, -0.2) is 62.0 Å². The zero-order chi connectivity index (χ0) is 19.8. The second kappa shape index (κ2) is 10.0. The van der Waals surface area contributed by atoms with Crippen molar-refractivity contribution in [2.45, 2.75) is 32.2 Å². The number of carbonyl (C=O) groups excluding carboxylic acids is 3. The normalized spacial score (nSPS) is 17.9. The summed E-state index contributed by atoms with van der Waals surface area (Å²) >= 11 is 0. The SMILES string of the molecule is CCOC(=O)[C@H]1CCCCN1C(=O)C[NH+](C)CC(=O)Nc1cccc(F)c1. The van der Waals surface area contributed by atoms with Crippen LogP contribution >= 0.6 is 0 Å². The number of benzene rings is 1. The average Bonchev–Trinajstić information content (AvgIpc) is 2.61. The minimum Gasteiger partial charge on any atom is -0.464 e. The van der Waals surface area contributed by atoms with Crippen molar-refractivity contribution in [3.05, 3.63) is 30.1 Å². The number of rotatable bonds is 7. The Kier molecular flexibility index (Phi) is 7.72. The molecule has 1 aliphatic heterocycles. The van der Waals surface area contributed by atoms with Crippen molar-refractivity contribution < 1.29 is 28.4 Å². The summed E-state index contributed by atoms with van der Waals surface area (Å²) in [6, 6.07) is 5.09. The molecule has 27 heavy (non-hydrogen) atoms. The molecule has 0 bridgehead atoms. The van der Waals surface area contributed by atoms with Crippen molar-refractivity contribution in [1.29, 1.82) is 0 Å². The molecule has 2 atom stereocenters. The standard InChI is InChI=1S/C19H26FN3O4/c1-3-27-19(26)16-9-4-5-10-23(16)18(25)13-22(2)12-17(24)21-15-8-6-7-14(20)11-15/h6-8,11,16H,3-5,9-10,12-13H2,1-2H3,(H,21,24)/p+1/t16-/m1/s1. The first-order valence-corrected chi connectivity index (χ1v) is 9.23. The van der Waals surface area contributed by atoms with Crippen molar-refractivity contribution in [2.24, 2.45) is 0 Å². The Labute approximate surface area is 158 Å². The van der Waals surface area contributed by atoms with E-state index in [1.54, 1.807) is 24.9 Å². The van der Waals surface area contributed by atoms with E-state index in [0.29, 0.717) is 23.6 Å². The van der Waals surface area contributed by atoms with Gasteiger partial charge in [-0.2, -0.15) is 0 Å². The Bertz CT molecular complexity index is 683. The van der Waals surface area contributed by atoms with E-state index in [9.17, 15) is 18.8 Å². The predicted octanol–water partition coefficient (Wildman–Crippen LogP) is 0.223. The third-order valence-electron chi connectivity index (χ3n) is 4.41. The Hall–Kier alpha value is -2.48. The molecule has 0 aromatic heterocycles. The highest BCUT2D eigenvalue weighted by atomic mass is 19.1. The van der Waals surface area contributed by atoms with Crippen molar-refractivity contribution in [3.63, 3.8) is 0 Å². The summed E-state index contributed by atoms with van der Waals surface area (Å²) < 4.78 is 18.2. The van der Waals surface area contributed by atoms with Gasteiger partial charge >= 0.3 is 5.97 Å². The molecule has 0 aliphatic carbocycles. The smallest absolute Gasteiger partial charge is 0.328 e. The van der Waals surface area contributed by atoms with Crippen molar-refractivity contribution in [2.75, 3.05) is 38.6 Å². The molecule has 1 fully saturated rings. The number of nitrogens with zero attached hydrogens (tertiary/aromatic N) is 1. The minimum atomic E-state index is -0.542. The number of quaternary nitrogens is 1. The van der Waals surface area contributed by atoms with Crippen LogP contribution in [0.15, 0.2) is 24.3 Å². The lowest BCUT2D eigenvalue weighted by Gasteiger charge is -2.34. The van der Waals surface area contributed by atoms with E-state index < -0.39 is 11.9 Å². The van der Waals surface area contributed by atoms with Gasteiger partial charge in [-0.15, -0.1) is 0 Å². The first-order valence-electron chi connectivity index (χ1n) is 9.23. The molecule has 1 aliphatic rings. The number of halogens is 1. The number of amides is 2. The van der Waals surface area contributed by atoms with E-state index in [2.05, 4.69) is 5.32 Å². The second-order valence-corrected chi connectivity index (χ2v) is 6.72. The third-order valence-corrected chi connectivity index (χ3v) is 4.41. The zero-order valence-electron chi connectivity index (χ0n) is 15.8. The second-order valence-electron chi connectivity index (χ2n) is 6.72. The number of hydrogen-bond acceptors (Lipinski definition) is 4. The molecule has 0 radical (unpaired) electrons. The van der Waals surface area contributed by atoms with E-state index >= 15 is 0 Å². The molecular weight excluding hydrogens is 353 g/mol. The molecule has 1 saturated heterocycles. The molecule has 2 N–H and O–H groups in total. The Morgan fingerprint density at radius 1 is 1.30 bits per heavy atom. The number of carbonyl (C=O) groups is 3. The van der Waals surface area contributed by atoms with Gasteiger partial charge in [0.2, 0.25) is 0 Å². The molecule has 1 aromatic carbocycles. The number of ether oxygens (including phenoxy) is 1. The summed E-state index contributed by atoms with van der Waals surface area (Å²) in [6.07, 6.45) is 2.33. The predicted molar refractivity (Wildman–Crippen MR) is 97.6 cm³/mol. The quantitative estimate of drug-likeness (QED) is 0.664. The van der Waals surface area contributed by atoms with E-state index in [1.165, 1.54) is 18.2 Å². The van der Waals surface area contributed by atoms with Gasteiger partial charge in [-0.3, -0.25) is 9.59 Å². The van der Waals surface area contributed by atoms with E-state index in [4.69, 9.17) is 4.74 Å². The summed E-state index contributed by atoms with van der Waals surface area (Å²) in [6.45, 7) is 2.68. The molecule has 8 heteroatoms. The Morgan fingerprint density at radius 2 is 2.07 bits per heavy atom. The topological polar surface area (TPSA) is 80.2 Å². The molecule has 1 heterocycles. The van der Waals surface area contributed by atoms with Gasteiger partial charge in [0.15, 0.2) is 13.1 Å². The maximum absolute atomic E-state index is 13.2. The molecule has 0 spiro atoms. The van der Waals surface area contributed by atoms with E-state index in [0.717, 1.165) is 12.8 Å². The summed E-state index contributed by atoms with van der Waals surface area (Å²) in [4.78, 5) is 39.1. The van der Waals surface area contributed by atoms with Crippen LogP contribution in [0, 0.1) is 5.82 Å². The fraction of sp³-hybridized carbons (Fsp3) is 0.526. The van der Waals surface area contributed by atoms with Crippen LogP contribution in [-0.2, 0) is 19.1 Å². The number of nitrogens with one attached hydrogen (secondary N) is 2. The van der Waals surface area contributed by atoms with E-state index in [-0.39, 0.29) is 37.5 Å². The number of hydrogen-bond donors (Lipinski definition) is 2. The number of anilines is 1. The molecule has 7 nitrogen and oxygen atoms in total.